The molecule has 2 aromatic rings. The zero-order valence-electron chi connectivity index (χ0n) is 13.5. The van der Waals surface area contributed by atoms with E-state index in [9.17, 15) is 14.4 Å². The van der Waals surface area contributed by atoms with Gasteiger partial charge in [-0.25, -0.2) is 0 Å². The fourth-order valence-corrected chi connectivity index (χ4v) is 3.82. The van der Waals surface area contributed by atoms with Gasteiger partial charge in [0.1, 0.15) is 5.75 Å². The summed E-state index contributed by atoms with van der Waals surface area (Å²) in [6.45, 7) is 2.02. The number of hydrogen-bond acceptors (Lipinski definition) is 4. The number of rotatable bonds is 1. The number of fused-ring (bicyclic) bond motifs is 4. The zero-order valence-corrected chi connectivity index (χ0v) is 13.5. The van der Waals surface area contributed by atoms with E-state index in [4.69, 9.17) is 4.74 Å². The first-order valence-corrected chi connectivity index (χ1v) is 7.98. The third-order valence-electron chi connectivity index (χ3n) is 4.86. The van der Waals surface area contributed by atoms with Gasteiger partial charge in [0.05, 0.1) is 12.7 Å². The first-order valence-electron chi connectivity index (χ1n) is 7.98. The van der Waals surface area contributed by atoms with E-state index in [0.29, 0.717) is 28.9 Å². The molecule has 0 spiro atoms. The Balaban J connectivity index is 2.01. The zero-order chi connectivity index (χ0) is 17.0. The Kier molecular flexibility index (Phi) is 3.17. The number of methoxy groups -OCH3 is 1. The average Bonchev–Trinajstić information content (AvgIpc) is 2.57. The number of benzene rings is 2. The number of ketones is 3. The minimum atomic E-state index is -0.266. The molecule has 0 bridgehead atoms. The second-order valence-electron chi connectivity index (χ2n) is 6.50. The van der Waals surface area contributed by atoms with E-state index >= 15 is 0 Å². The molecular weight excluding hydrogens is 304 g/mol. The fourth-order valence-electron chi connectivity index (χ4n) is 3.82. The van der Waals surface area contributed by atoms with Gasteiger partial charge in [0.25, 0.3) is 0 Å². The topological polar surface area (TPSA) is 60.4 Å². The molecule has 24 heavy (non-hydrogen) atoms. The van der Waals surface area contributed by atoms with Gasteiger partial charge < -0.3 is 4.74 Å². The summed E-state index contributed by atoms with van der Waals surface area (Å²) in [5.41, 5.74) is 2.48. The molecule has 4 rings (SSSR count). The number of hydrogen-bond donors (Lipinski definition) is 0. The van der Waals surface area contributed by atoms with Crippen molar-refractivity contribution in [1.82, 2.24) is 0 Å². The quantitative estimate of drug-likeness (QED) is 0.690. The Labute approximate surface area is 139 Å². The highest BCUT2D eigenvalue weighted by atomic mass is 16.5. The molecule has 2 aliphatic rings. The molecule has 2 aliphatic carbocycles. The van der Waals surface area contributed by atoms with Crippen LogP contribution in [0.25, 0.3) is 0 Å². The maximum atomic E-state index is 13.1. The van der Waals surface area contributed by atoms with Crippen LogP contribution in [0.4, 0.5) is 0 Å². The van der Waals surface area contributed by atoms with Crippen LogP contribution in [0.2, 0.25) is 0 Å². The first-order chi connectivity index (χ1) is 11.5. The summed E-state index contributed by atoms with van der Waals surface area (Å²) in [5, 5.41) is 0. The first kappa shape index (κ1) is 14.8. The van der Waals surface area contributed by atoms with Gasteiger partial charge in [-0.1, -0.05) is 25.1 Å². The van der Waals surface area contributed by atoms with E-state index < -0.39 is 0 Å². The van der Waals surface area contributed by atoms with Gasteiger partial charge in [-0.05, 0) is 30.0 Å². The second-order valence-corrected chi connectivity index (χ2v) is 6.50. The van der Waals surface area contributed by atoms with Crippen molar-refractivity contribution in [1.29, 1.82) is 0 Å². The second kappa shape index (κ2) is 5.13. The lowest BCUT2D eigenvalue weighted by Crippen LogP contribution is -2.28. The fraction of sp³-hybridized carbons (Fsp3) is 0.250. The summed E-state index contributed by atoms with van der Waals surface area (Å²) < 4.78 is 5.25. The van der Waals surface area contributed by atoms with E-state index in [1.54, 1.807) is 24.3 Å². The number of carbonyl (C=O) groups is 3. The SMILES string of the molecule is COc1cccc2c1C(=O)c1ccc3c(c1C2=O)C(=O)CC(C)C3. The summed E-state index contributed by atoms with van der Waals surface area (Å²) in [6, 6.07) is 8.46. The van der Waals surface area contributed by atoms with Crippen molar-refractivity contribution < 1.29 is 19.1 Å². The van der Waals surface area contributed by atoms with Crippen molar-refractivity contribution in [2.75, 3.05) is 7.11 Å². The molecule has 1 atom stereocenters. The van der Waals surface area contributed by atoms with Crippen molar-refractivity contribution in [2.24, 2.45) is 5.92 Å². The van der Waals surface area contributed by atoms with E-state index in [1.165, 1.54) is 7.11 Å². The van der Waals surface area contributed by atoms with Crippen molar-refractivity contribution in [3.8, 4) is 5.75 Å². The highest BCUT2D eigenvalue weighted by molar-refractivity contribution is 6.32. The van der Waals surface area contributed by atoms with Crippen LogP contribution in [-0.4, -0.2) is 24.5 Å². The normalized spacial score (nSPS) is 18.8. The van der Waals surface area contributed by atoms with Gasteiger partial charge in [0, 0.05) is 28.7 Å². The van der Waals surface area contributed by atoms with Crippen molar-refractivity contribution >= 4 is 17.3 Å². The molecule has 4 nitrogen and oxygen atoms in total. The molecule has 0 aromatic heterocycles. The van der Waals surface area contributed by atoms with Gasteiger partial charge in [-0.15, -0.1) is 0 Å². The Morgan fingerprint density at radius 2 is 1.58 bits per heavy atom. The molecule has 0 saturated carbocycles. The highest BCUT2D eigenvalue weighted by Gasteiger charge is 2.37. The monoisotopic (exact) mass is 320 g/mol. The van der Waals surface area contributed by atoms with Crippen LogP contribution in [0, 0.1) is 5.92 Å². The molecule has 0 fully saturated rings. The molecule has 120 valence electrons. The Hall–Kier alpha value is -2.75. The van der Waals surface area contributed by atoms with E-state index in [2.05, 4.69) is 0 Å². The number of ether oxygens (including phenoxy) is 1. The Bertz CT molecular complexity index is 923. The highest BCUT2D eigenvalue weighted by Crippen LogP contribution is 2.38. The molecule has 0 heterocycles. The van der Waals surface area contributed by atoms with Crippen LogP contribution in [0.5, 0.6) is 5.75 Å². The van der Waals surface area contributed by atoms with Crippen LogP contribution in [0.3, 0.4) is 0 Å². The minimum absolute atomic E-state index is 0.0481. The predicted molar refractivity (Wildman–Crippen MR) is 88.1 cm³/mol. The standard InChI is InChI=1S/C20H16O4/c1-10-8-11-6-7-13-18(16(11)14(21)9-10)20(23)12-4-3-5-15(24-2)17(12)19(13)22/h3-7,10H,8-9H2,1-2H3. The van der Waals surface area contributed by atoms with E-state index in [1.807, 2.05) is 13.0 Å². The number of Topliss-reactive ketones (excluding diaryl/α,β-unsaturated/α-hetero) is 1. The van der Waals surface area contributed by atoms with E-state index in [0.717, 1.165) is 12.0 Å². The maximum absolute atomic E-state index is 13.1. The van der Waals surface area contributed by atoms with Crippen LogP contribution in [-0.2, 0) is 6.42 Å². The molecule has 4 heteroatoms. The third-order valence-corrected chi connectivity index (χ3v) is 4.86. The summed E-state index contributed by atoms with van der Waals surface area (Å²) in [6.07, 6.45) is 1.16. The summed E-state index contributed by atoms with van der Waals surface area (Å²) >= 11 is 0. The Morgan fingerprint density at radius 3 is 2.33 bits per heavy atom. The van der Waals surface area contributed by atoms with Gasteiger partial charge in [0.2, 0.25) is 0 Å². The Morgan fingerprint density at radius 1 is 0.875 bits per heavy atom. The average molecular weight is 320 g/mol. The van der Waals surface area contributed by atoms with Gasteiger partial charge >= 0.3 is 0 Å². The molecular formula is C20H16O4. The molecule has 0 amide bonds. The van der Waals surface area contributed by atoms with Gasteiger partial charge in [0.15, 0.2) is 17.3 Å². The van der Waals surface area contributed by atoms with Gasteiger partial charge in [-0.3, -0.25) is 14.4 Å². The largest absolute Gasteiger partial charge is 0.496 e. The predicted octanol–water partition coefficient (Wildman–Crippen LogP) is 3.24. The summed E-state index contributed by atoms with van der Waals surface area (Å²) in [5.74, 6) is 0.0663. The molecule has 0 saturated heterocycles. The molecule has 0 aliphatic heterocycles. The van der Waals surface area contributed by atoms with Crippen molar-refractivity contribution in [3.63, 3.8) is 0 Å². The lowest BCUT2D eigenvalue weighted by Gasteiger charge is -2.27. The molecule has 0 radical (unpaired) electrons. The van der Waals surface area contributed by atoms with Crippen LogP contribution >= 0.6 is 0 Å². The number of carbonyl (C=O) groups excluding carboxylic acids is 3. The molecule has 2 aromatic carbocycles. The third kappa shape index (κ3) is 1.89. The van der Waals surface area contributed by atoms with Crippen molar-refractivity contribution in [2.45, 2.75) is 19.8 Å². The maximum Gasteiger partial charge on any atom is 0.198 e. The van der Waals surface area contributed by atoms with Crippen LogP contribution < -0.4 is 4.74 Å². The lowest BCUT2D eigenvalue weighted by molar-refractivity contribution is 0.0935. The summed E-state index contributed by atoms with van der Waals surface area (Å²) in [4.78, 5) is 38.6. The van der Waals surface area contributed by atoms with Crippen LogP contribution in [0.1, 0.15) is 61.1 Å². The lowest BCUT2D eigenvalue weighted by atomic mass is 9.74. The summed E-state index contributed by atoms with van der Waals surface area (Å²) in [7, 11) is 1.47. The van der Waals surface area contributed by atoms with Crippen LogP contribution in [0.15, 0.2) is 30.3 Å². The molecule has 0 N–H and O–H groups in total. The van der Waals surface area contributed by atoms with Crippen molar-refractivity contribution in [3.05, 3.63) is 63.7 Å². The smallest absolute Gasteiger partial charge is 0.198 e. The molecule has 1 unspecified atom stereocenters. The van der Waals surface area contributed by atoms with E-state index in [-0.39, 0.29) is 34.4 Å². The minimum Gasteiger partial charge on any atom is -0.496 e. The van der Waals surface area contributed by atoms with Gasteiger partial charge in [-0.2, -0.15) is 0 Å².